The third-order valence-corrected chi connectivity index (χ3v) is 2.84. The Hall–Kier alpha value is -1.88. The molecule has 1 aromatic carbocycles. The van der Waals surface area contributed by atoms with Gasteiger partial charge in [0, 0.05) is 25.2 Å². The molecule has 0 bridgehead atoms. The van der Waals surface area contributed by atoms with Crippen LogP contribution in [0.3, 0.4) is 0 Å². The Bertz CT molecular complexity index is 583. The number of nitrogens with zero attached hydrogens (tertiary/aromatic N) is 2. The first-order valence-corrected chi connectivity index (χ1v) is 6.02. The van der Waals surface area contributed by atoms with E-state index in [1.807, 2.05) is 24.3 Å². The molecule has 0 unspecified atom stereocenters. The molecule has 0 saturated carbocycles. The van der Waals surface area contributed by atoms with Gasteiger partial charge in [0.05, 0.1) is 0 Å². The van der Waals surface area contributed by atoms with Gasteiger partial charge in [0.1, 0.15) is 0 Å². The van der Waals surface area contributed by atoms with E-state index < -0.39 is 0 Å². The van der Waals surface area contributed by atoms with Crippen LogP contribution in [0.25, 0.3) is 11.4 Å². The number of hydrogen-bond donors (Lipinski definition) is 2. The number of benzene rings is 1. The first-order chi connectivity index (χ1) is 8.59. The molecule has 0 fully saturated rings. The van der Waals surface area contributed by atoms with Gasteiger partial charge in [-0.25, -0.2) is 9.89 Å². The topological polar surface area (TPSA) is 62.7 Å². The van der Waals surface area contributed by atoms with E-state index in [0.717, 1.165) is 17.7 Å². The monoisotopic (exact) mass is 246 g/mol. The molecule has 0 radical (unpaired) electrons. The quantitative estimate of drug-likeness (QED) is 0.854. The molecular formula is C13H18N4O. The zero-order valence-corrected chi connectivity index (χ0v) is 10.9. The summed E-state index contributed by atoms with van der Waals surface area (Å²) in [7, 11) is 1.72. The van der Waals surface area contributed by atoms with Crippen molar-refractivity contribution in [3.8, 4) is 11.4 Å². The molecule has 2 aromatic rings. The standard InChI is InChI=1S/C13H18N4O/c1-9(2)14-8-10-6-4-5-7-11(10)12-15-16-13(18)17(12)3/h4-7,9,14H,8H2,1-3H3,(H,16,18). The zero-order valence-electron chi connectivity index (χ0n) is 10.9. The van der Waals surface area contributed by atoms with Gasteiger partial charge in [0.15, 0.2) is 5.82 Å². The lowest BCUT2D eigenvalue weighted by atomic mass is 10.1. The van der Waals surface area contributed by atoms with Crippen LogP contribution in [-0.2, 0) is 13.6 Å². The van der Waals surface area contributed by atoms with Crippen LogP contribution in [0.15, 0.2) is 29.1 Å². The van der Waals surface area contributed by atoms with Crippen molar-refractivity contribution >= 4 is 0 Å². The highest BCUT2D eigenvalue weighted by molar-refractivity contribution is 5.60. The summed E-state index contributed by atoms with van der Waals surface area (Å²) in [6.45, 7) is 4.97. The van der Waals surface area contributed by atoms with Crippen LogP contribution in [0.5, 0.6) is 0 Å². The minimum atomic E-state index is -0.198. The lowest BCUT2D eigenvalue weighted by molar-refractivity contribution is 0.589. The highest BCUT2D eigenvalue weighted by Crippen LogP contribution is 2.19. The molecular weight excluding hydrogens is 228 g/mol. The summed E-state index contributed by atoms with van der Waals surface area (Å²) < 4.78 is 1.52. The Morgan fingerprint density at radius 2 is 2.11 bits per heavy atom. The molecule has 5 nitrogen and oxygen atoms in total. The number of H-pyrrole nitrogens is 1. The average Bonchev–Trinajstić information content (AvgIpc) is 2.68. The molecule has 18 heavy (non-hydrogen) atoms. The maximum absolute atomic E-state index is 11.4. The van der Waals surface area contributed by atoms with Crippen LogP contribution in [0.1, 0.15) is 19.4 Å². The number of hydrogen-bond acceptors (Lipinski definition) is 3. The molecule has 1 heterocycles. The van der Waals surface area contributed by atoms with Crippen molar-refractivity contribution in [1.29, 1.82) is 0 Å². The predicted octanol–water partition coefficient (Wildman–Crippen LogP) is 1.27. The van der Waals surface area contributed by atoms with Crippen molar-refractivity contribution in [3.63, 3.8) is 0 Å². The van der Waals surface area contributed by atoms with E-state index in [1.54, 1.807) is 7.05 Å². The summed E-state index contributed by atoms with van der Waals surface area (Å²) in [5.74, 6) is 0.668. The number of aromatic nitrogens is 3. The molecule has 2 rings (SSSR count). The summed E-state index contributed by atoms with van der Waals surface area (Å²) in [6.07, 6.45) is 0. The average molecular weight is 246 g/mol. The Morgan fingerprint density at radius 1 is 1.39 bits per heavy atom. The third-order valence-electron chi connectivity index (χ3n) is 2.84. The third kappa shape index (κ3) is 2.51. The van der Waals surface area contributed by atoms with Gasteiger partial charge >= 0.3 is 5.69 Å². The Kier molecular flexibility index (Phi) is 3.62. The predicted molar refractivity (Wildman–Crippen MR) is 71.2 cm³/mol. The van der Waals surface area contributed by atoms with Gasteiger partial charge in [-0.2, -0.15) is 5.10 Å². The van der Waals surface area contributed by atoms with Gasteiger partial charge in [-0.05, 0) is 5.56 Å². The highest BCUT2D eigenvalue weighted by Gasteiger charge is 2.11. The lowest BCUT2D eigenvalue weighted by Crippen LogP contribution is -2.22. The van der Waals surface area contributed by atoms with E-state index in [4.69, 9.17) is 0 Å². The largest absolute Gasteiger partial charge is 0.343 e. The molecule has 0 saturated heterocycles. The normalized spacial score (nSPS) is 11.1. The number of nitrogens with one attached hydrogen (secondary N) is 2. The molecule has 0 aliphatic carbocycles. The summed E-state index contributed by atoms with van der Waals surface area (Å²) in [6, 6.07) is 8.39. The van der Waals surface area contributed by atoms with Crippen molar-refractivity contribution in [3.05, 3.63) is 40.3 Å². The molecule has 2 N–H and O–H groups in total. The second kappa shape index (κ2) is 5.18. The minimum absolute atomic E-state index is 0.198. The van der Waals surface area contributed by atoms with Crippen molar-refractivity contribution in [1.82, 2.24) is 20.1 Å². The molecule has 0 spiro atoms. The van der Waals surface area contributed by atoms with E-state index in [2.05, 4.69) is 29.4 Å². The van der Waals surface area contributed by atoms with Crippen LogP contribution in [0.2, 0.25) is 0 Å². The fourth-order valence-corrected chi connectivity index (χ4v) is 1.79. The molecule has 5 heteroatoms. The van der Waals surface area contributed by atoms with E-state index in [0.29, 0.717) is 11.9 Å². The first kappa shape index (κ1) is 12.6. The Labute approximate surface area is 106 Å². The van der Waals surface area contributed by atoms with Gasteiger partial charge in [0.2, 0.25) is 0 Å². The Morgan fingerprint density at radius 3 is 2.72 bits per heavy atom. The molecule has 0 aliphatic heterocycles. The SMILES string of the molecule is CC(C)NCc1ccccc1-c1n[nH]c(=O)n1C. The van der Waals surface area contributed by atoms with Gasteiger partial charge in [-0.3, -0.25) is 4.57 Å². The van der Waals surface area contributed by atoms with E-state index in [9.17, 15) is 4.79 Å². The molecule has 0 aliphatic rings. The summed E-state index contributed by atoms with van der Waals surface area (Å²) >= 11 is 0. The van der Waals surface area contributed by atoms with Crippen LogP contribution in [0, 0.1) is 0 Å². The second-order valence-electron chi connectivity index (χ2n) is 4.60. The fourth-order valence-electron chi connectivity index (χ4n) is 1.79. The minimum Gasteiger partial charge on any atom is -0.310 e. The van der Waals surface area contributed by atoms with Gasteiger partial charge in [-0.1, -0.05) is 38.1 Å². The van der Waals surface area contributed by atoms with Crippen molar-refractivity contribution in [2.45, 2.75) is 26.4 Å². The summed E-state index contributed by atoms with van der Waals surface area (Å²) in [5, 5.41) is 9.91. The Balaban J connectivity index is 2.38. The summed E-state index contributed by atoms with van der Waals surface area (Å²) in [4.78, 5) is 11.4. The van der Waals surface area contributed by atoms with Gasteiger partial charge in [-0.15, -0.1) is 0 Å². The fraction of sp³-hybridized carbons (Fsp3) is 0.385. The van der Waals surface area contributed by atoms with E-state index >= 15 is 0 Å². The number of rotatable bonds is 4. The molecule has 1 aromatic heterocycles. The van der Waals surface area contributed by atoms with Crippen LogP contribution < -0.4 is 11.0 Å². The molecule has 0 atom stereocenters. The molecule has 96 valence electrons. The van der Waals surface area contributed by atoms with Crippen LogP contribution >= 0.6 is 0 Å². The van der Waals surface area contributed by atoms with Crippen LogP contribution in [-0.4, -0.2) is 20.8 Å². The van der Waals surface area contributed by atoms with Gasteiger partial charge < -0.3 is 5.32 Å². The first-order valence-electron chi connectivity index (χ1n) is 6.02. The summed E-state index contributed by atoms with van der Waals surface area (Å²) in [5.41, 5.74) is 1.91. The maximum atomic E-state index is 11.4. The smallest absolute Gasteiger partial charge is 0.310 e. The van der Waals surface area contributed by atoms with E-state index in [1.165, 1.54) is 4.57 Å². The maximum Gasteiger partial charge on any atom is 0.343 e. The van der Waals surface area contributed by atoms with E-state index in [-0.39, 0.29) is 5.69 Å². The highest BCUT2D eigenvalue weighted by atomic mass is 16.1. The van der Waals surface area contributed by atoms with Crippen LogP contribution in [0.4, 0.5) is 0 Å². The second-order valence-corrected chi connectivity index (χ2v) is 4.60. The van der Waals surface area contributed by atoms with Gasteiger partial charge in [0.25, 0.3) is 0 Å². The van der Waals surface area contributed by atoms with Crippen molar-refractivity contribution < 1.29 is 0 Å². The number of aromatic amines is 1. The zero-order chi connectivity index (χ0) is 13.1. The molecule has 0 amide bonds. The van der Waals surface area contributed by atoms with Crippen molar-refractivity contribution in [2.24, 2.45) is 7.05 Å². The lowest BCUT2D eigenvalue weighted by Gasteiger charge is -2.11. The van der Waals surface area contributed by atoms with Crippen molar-refractivity contribution in [2.75, 3.05) is 0 Å².